The maximum Gasteiger partial charge on any atom is 0.417 e. The molecule has 4 rings (SSSR count). The van der Waals surface area contributed by atoms with Crippen LogP contribution in [0, 0.1) is 17.1 Å². The number of sulfone groups is 1. The van der Waals surface area contributed by atoms with E-state index in [0.29, 0.717) is 18.1 Å². The van der Waals surface area contributed by atoms with Crippen LogP contribution in [-0.4, -0.2) is 19.2 Å². The van der Waals surface area contributed by atoms with E-state index >= 15 is 0 Å². The Labute approximate surface area is 203 Å². The van der Waals surface area contributed by atoms with Crippen molar-refractivity contribution in [3.05, 3.63) is 104 Å². The second-order valence-electron chi connectivity index (χ2n) is 8.23. The van der Waals surface area contributed by atoms with Crippen LogP contribution < -0.4 is 5.56 Å². The molecule has 0 amide bonds. The highest BCUT2D eigenvalue weighted by atomic mass is 32.2. The van der Waals surface area contributed by atoms with E-state index < -0.39 is 45.1 Å². The monoisotopic (exact) mass is 518 g/mol. The topological polar surface area (TPSA) is 93.1 Å². The van der Waals surface area contributed by atoms with Crippen molar-refractivity contribution in [3.63, 3.8) is 0 Å². The van der Waals surface area contributed by atoms with Crippen molar-refractivity contribution in [2.45, 2.75) is 25.1 Å². The van der Waals surface area contributed by atoms with Crippen LogP contribution in [-0.2, 0) is 22.6 Å². The van der Waals surface area contributed by atoms with Crippen molar-refractivity contribution in [1.82, 2.24) is 4.57 Å². The molecule has 6 nitrogen and oxygen atoms in total. The molecule has 11 heteroatoms. The van der Waals surface area contributed by atoms with Crippen molar-refractivity contribution in [2.24, 2.45) is 0 Å². The predicted octanol–water partition coefficient (Wildman–Crippen LogP) is 5.16. The van der Waals surface area contributed by atoms with Gasteiger partial charge in [0, 0.05) is 17.7 Å². The number of hydrogen-bond donors (Lipinski definition) is 0. The van der Waals surface area contributed by atoms with Crippen LogP contribution in [0.25, 0.3) is 11.5 Å². The Morgan fingerprint density at radius 1 is 1.22 bits per heavy atom. The third-order valence-corrected chi connectivity index (χ3v) is 6.96. The number of nitrogens with zero attached hydrogens (tertiary/aromatic N) is 2. The molecule has 0 spiro atoms. The quantitative estimate of drug-likeness (QED) is 0.435. The number of benzene rings is 1. The minimum atomic E-state index is -5.00. The molecule has 2 aromatic heterocycles. The average molecular weight is 518 g/mol. The number of alkyl halides is 3. The van der Waals surface area contributed by atoms with Gasteiger partial charge in [-0.05, 0) is 36.3 Å². The Kier molecular flexibility index (Phi) is 6.49. The molecule has 3 aromatic rings. The van der Waals surface area contributed by atoms with Crippen molar-refractivity contribution in [1.29, 1.82) is 5.26 Å². The van der Waals surface area contributed by atoms with E-state index in [-0.39, 0.29) is 27.8 Å². The first-order chi connectivity index (χ1) is 16.9. The van der Waals surface area contributed by atoms with E-state index in [9.17, 15) is 36.0 Å². The Balaban J connectivity index is 1.83. The predicted molar refractivity (Wildman–Crippen MR) is 123 cm³/mol. The third-order valence-electron chi connectivity index (χ3n) is 5.80. The van der Waals surface area contributed by atoms with Gasteiger partial charge < -0.3 is 4.42 Å². The number of furan rings is 1. The largest absolute Gasteiger partial charge is 0.462 e. The number of rotatable bonds is 5. The molecule has 0 N–H and O–H groups in total. The highest BCUT2D eigenvalue weighted by Gasteiger charge is 2.37. The molecule has 1 aliphatic carbocycles. The van der Waals surface area contributed by atoms with Gasteiger partial charge in [0.25, 0.3) is 5.56 Å². The van der Waals surface area contributed by atoms with Crippen LogP contribution in [0.5, 0.6) is 0 Å². The Hall–Kier alpha value is -3.91. The van der Waals surface area contributed by atoms with E-state index in [1.165, 1.54) is 48.7 Å². The molecule has 0 radical (unpaired) electrons. The number of aromatic nitrogens is 1. The average Bonchev–Trinajstić information content (AvgIpc) is 3.30. The summed E-state index contributed by atoms with van der Waals surface area (Å²) in [5, 5.41) is 9.31. The van der Waals surface area contributed by atoms with Crippen LogP contribution in [0.1, 0.15) is 34.6 Å². The van der Waals surface area contributed by atoms with Gasteiger partial charge in [0.15, 0.2) is 15.6 Å². The smallest absolute Gasteiger partial charge is 0.417 e. The van der Waals surface area contributed by atoms with Crippen LogP contribution in [0.3, 0.4) is 0 Å². The summed E-state index contributed by atoms with van der Waals surface area (Å²) in [7, 11) is -3.39. The van der Waals surface area contributed by atoms with Gasteiger partial charge in [0.1, 0.15) is 17.4 Å². The summed E-state index contributed by atoms with van der Waals surface area (Å²) in [5.41, 5.74) is -3.48. The molecule has 1 unspecified atom stereocenters. The molecule has 0 bridgehead atoms. The first-order valence-corrected chi connectivity index (χ1v) is 12.4. The molecule has 36 heavy (non-hydrogen) atoms. The van der Waals surface area contributed by atoms with E-state index in [1.54, 1.807) is 6.08 Å². The summed E-state index contributed by atoms with van der Waals surface area (Å²) in [5.74, 6) is -1.09. The first kappa shape index (κ1) is 25.2. The Morgan fingerprint density at radius 2 is 1.94 bits per heavy atom. The molecule has 1 aromatic carbocycles. The van der Waals surface area contributed by atoms with Crippen molar-refractivity contribution >= 4 is 9.84 Å². The fourth-order valence-electron chi connectivity index (χ4n) is 3.94. The zero-order chi connectivity index (χ0) is 26.3. The molecular weight excluding hydrogens is 500 g/mol. The number of hydrogen-bond acceptors (Lipinski definition) is 5. The fraction of sp³-hybridized carbons (Fsp3) is 0.200. The second-order valence-corrected chi connectivity index (χ2v) is 10.3. The molecule has 0 saturated carbocycles. The van der Waals surface area contributed by atoms with Gasteiger partial charge >= 0.3 is 6.18 Å². The number of nitriles is 1. The van der Waals surface area contributed by atoms with E-state index in [0.717, 1.165) is 16.9 Å². The number of halogens is 4. The van der Waals surface area contributed by atoms with Crippen molar-refractivity contribution in [3.8, 4) is 17.5 Å². The minimum Gasteiger partial charge on any atom is -0.462 e. The Morgan fingerprint density at radius 3 is 2.53 bits per heavy atom. The minimum absolute atomic E-state index is 0.0323. The molecule has 1 aliphatic rings. The standard InChI is InChI=1S/C25H18F4N2O4S/c1-36(33,34)18-8-6-15(7-9-18)17-10-23(35-14-17)22-11-20(25(27,28)29)19(12-30)24(32)31(22)13-16-4-2-3-5-21(16)26/h2-6,8-11,14-15H,7,13H2,1H3. The van der Waals surface area contributed by atoms with Crippen LogP contribution in [0.15, 0.2) is 75.0 Å². The van der Waals surface area contributed by atoms with Gasteiger partial charge in [0.2, 0.25) is 0 Å². The molecule has 186 valence electrons. The third kappa shape index (κ3) is 4.90. The van der Waals surface area contributed by atoms with Crippen LogP contribution in [0.4, 0.5) is 17.6 Å². The molecule has 0 aliphatic heterocycles. The van der Waals surface area contributed by atoms with Gasteiger partial charge in [-0.3, -0.25) is 9.36 Å². The van der Waals surface area contributed by atoms with E-state index in [4.69, 9.17) is 4.42 Å². The van der Waals surface area contributed by atoms with Crippen LogP contribution >= 0.6 is 0 Å². The summed E-state index contributed by atoms with van der Waals surface area (Å²) < 4.78 is 85.3. The highest BCUT2D eigenvalue weighted by Crippen LogP contribution is 2.36. The lowest BCUT2D eigenvalue weighted by Gasteiger charge is -2.16. The lowest BCUT2D eigenvalue weighted by atomic mass is 9.94. The lowest BCUT2D eigenvalue weighted by Crippen LogP contribution is -2.28. The van der Waals surface area contributed by atoms with E-state index in [2.05, 4.69) is 0 Å². The maximum atomic E-state index is 14.3. The molecule has 1 atom stereocenters. The normalized spacial score (nSPS) is 16.0. The zero-order valence-corrected chi connectivity index (χ0v) is 19.5. The van der Waals surface area contributed by atoms with Crippen LogP contribution in [0.2, 0.25) is 0 Å². The SMILES string of the molecule is CS(=O)(=O)C1=CCC(c2coc(-c3cc(C(F)(F)F)c(C#N)c(=O)n3Cc3ccccc3F)c2)C=C1. The number of pyridine rings is 1. The lowest BCUT2D eigenvalue weighted by molar-refractivity contribution is -0.137. The van der Waals surface area contributed by atoms with Gasteiger partial charge in [-0.15, -0.1) is 0 Å². The fourth-order valence-corrected chi connectivity index (χ4v) is 4.66. The molecular formula is C25H18F4N2O4S. The summed E-state index contributed by atoms with van der Waals surface area (Å²) >= 11 is 0. The summed E-state index contributed by atoms with van der Waals surface area (Å²) in [4.78, 5) is 13.2. The van der Waals surface area contributed by atoms with Gasteiger partial charge in [-0.1, -0.05) is 30.4 Å². The second kappa shape index (κ2) is 9.28. The van der Waals surface area contributed by atoms with Crippen molar-refractivity contribution in [2.75, 3.05) is 6.26 Å². The first-order valence-electron chi connectivity index (χ1n) is 10.6. The van der Waals surface area contributed by atoms with Gasteiger partial charge in [0.05, 0.1) is 29.0 Å². The van der Waals surface area contributed by atoms with Gasteiger partial charge in [-0.25, -0.2) is 12.8 Å². The summed E-state index contributed by atoms with van der Waals surface area (Å²) in [6.07, 6.45) is 2.30. The maximum absolute atomic E-state index is 14.3. The zero-order valence-electron chi connectivity index (χ0n) is 18.7. The molecule has 0 saturated heterocycles. The summed E-state index contributed by atoms with van der Waals surface area (Å²) in [6.45, 7) is -0.437. The highest BCUT2D eigenvalue weighted by molar-refractivity contribution is 7.94. The van der Waals surface area contributed by atoms with E-state index in [1.807, 2.05) is 0 Å². The Bertz CT molecular complexity index is 1610. The molecule has 0 fully saturated rings. The number of allylic oxidation sites excluding steroid dienone is 3. The van der Waals surface area contributed by atoms with Crippen molar-refractivity contribution < 1.29 is 30.4 Å². The summed E-state index contributed by atoms with van der Waals surface area (Å²) in [6, 6.07) is 8.86. The molecule has 2 heterocycles. The van der Waals surface area contributed by atoms with Gasteiger partial charge in [-0.2, -0.15) is 18.4 Å².